The van der Waals surface area contributed by atoms with E-state index in [9.17, 15) is 9.90 Å². The van der Waals surface area contributed by atoms with Gasteiger partial charge in [-0.05, 0) is 25.5 Å². The van der Waals surface area contributed by atoms with Crippen LogP contribution in [0.25, 0.3) is 0 Å². The molecule has 2 heterocycles. The molecule has 1 amide bonds. The number of likely N-dealkylation sites (tertiary alicyclic amines) is 1. The van der Waals surface area contributed by atoms with Crippen molar-refractivity contribution in [3.8, 4) is 11.5 Å². The molecule has 0 bridgehead atoms. The molecule has 1 saturated heterocycles. The van der Waals surface area contributed by atoms with Crippen LogP contribution in [-0.4, -0.2) is 75.1 Å². The predicted octanol–water partition coefficient (Wildman–Crippen LogP) is 0.879. The van der Waals surface area contributed by atoms with E-state index in [2.05, 4.69) is 10.2 Å². The van der Waals surface area contributed by atoms with Crippen LogP contribution in [0.3, 0.4) is 0 Å². The second-order valence-corrected chi connectivity index (χ2v) is 7.42. The van der Waals surface area contributed by atoms with Gasteiger partial charge in [-0.15, -0.1) is 0 Å². The second kappa shape index (κ2) is 9.95. The molecule has 2 aliphatic rings. The van der Waals surface area contributed by atoms with Gasteiger partial charge in [0, 0.05) is 57.4 Å². The summed E-state index contributed by atoms with van der Waals surface area (Å²) >= 11 is 0. The number of carbonyl (C=O) groups excluding carboxylic acids is 1. The average molecular weight is 393 g/mol. The number of hydrogen-bond acceptors (Lipinski definition) is 7. The SMILES string of the molecule is COCCCN1CC[C@@H](CNC(=O)c2cc(N)cc3c2OCCCO3)[C@H](O)C1. The smallest absolute Gasteiger partial charge is 0.255 e. The van der Waals surface area contributed by atoms with E-state index in [-0.39, 0.29) is 11.8 Å². The van der Waals surface area contributed by atoms with Gasteiger partial charge in [0.05, 0.1) is 24.9 Å². The summed E-state index contributed by atoms with van der Waals surface area (Å²) in [6, 6.07) is 3.29. The minimum absolute atomic E-state index is 0.0273. The van der Waals surface area contributed by atoms with Gasteiger partial charge >= 0.3 is 0 Å². The Bertz CT molecular complexity index is 669. The van der Waals surface area contributed by atoms with Gasteiger partial charge in [0.2, 0.25) is 0 Å². The summed E-state index contributed by atoms with van der Waals surface area (Å²) in [4.78, 5) is 15.0. The molecule has 1 fully saturated rings. The molecule has 0 aliphatic carbocycles. The Kier molecular flexibility index (Phi) is 7.36. The standard InChI is InChI=1S/C20H31N3O5/c1-26-7-2-5-23-6-4-14(17(24)13-23)12-22-20(25)16-10-15(21)11-18-19(16)28-9-3-8-27-18/h10-11,14,17,24H,2-9,12-13,21H2,1H3,(H,22,25)/t14-,17+/m0/s1. The van der Waals surface area contributed by atoms with Crippen LogP contribution < -0.4 is 20.5 Å². The van der Waals surface area contributed by atoms with Crippen molar-refractivity contribution < 1.29 is 24.1 Å². The molecule has 2 aliphatic heterocycles. The number of β-amino-alcohol motifs (C(OH)–C–C–N with tert-alkyl or cyclic N) is 1. The number of anilines is 1. The third-order valence-corrected chi connectivity index (χ3v) is 5.27. The fourth-order valence-electron chi connectivity index (χ4n) is 3.70. The van der Waals surface area contributed by atoms with E-state index in [4.69, 9.17) is 19.9 Å². The average Bonchev–Trinajstić information content (AvgIpc) is 2.92. The van der Waals surface area contributed by atoms with E-state index in [1.165, 1.54) is 0 Å². The number of benzene rings is 1. The first-order valence-corrected chi connectivity index (χ1v) is 9.95. The number of piperidine rings is 1. The van der Waals surface area contributed by atoms with Crippen LogP contribution in [0.5, 0.6) is 11.5 Å². The highest BCUT2D eigenvalue weighted by Crippen LogP contribution is 2.35. The van der Waals surface area contributed by atoms with E-state index in [1.54, 1.807) is 19.2 Å². The zero-order chi connectivity index (χ0) is 19.9. The number of aliphatic hydroxyl groups excluding tert-OH is 1. The topological polar surface area (TPSA) is 106 Å². The Balaban J connectivity index is 1.56. The molecule has 8 heteroatoms. The van der Waals surface area contributed by atoms with Crippen LogP contribution >= 0.6 is 0 Å². The van der Waals surface area contributed by atoms with Crippen molar-refractivity contribution in [2.45, 2.75) is 25.4 Å². The summed E-state index contributed by atoms with van der Waals surface area (Å²) in [6.07, 6.45) is 2.08. The highest BCUT2D eigenvalue weighted by Gasteiger charge is 2.28. The van der Waals surface area contributed by atoms with Gasteiger partial charge in [0.15, 0.2) is 11.5 Å². The molecule has 0 aromatic heterocycles. The summed E-state index contributed by atoms with van der Waals surface area (Å²) in [7, 11) is 1.69. The minimum Gasteiger partial charge on any atom is -0.489 e. The summed E-state index contributed by atoms with van der Waals surface area (Å²) in [6.45, 7) is 4.61. The maximum atomic E-state index is 12.8. The minimum atomic E-state index is -0.464. The van der Waals surface area contributed by atoms with Crippen molar-refractivity contribution in [3.63, 3.8) is 0 Å². The molecule has 1 aromatic carbocycles. The first kappa shape index (κ1) is 20.7. The van der Waals surface area contributed by atoms with Crippen LogP contribution in [-0.2, 0) is 4.74 Å². The molecule has 0 saturated carbocycles. The molecular formula is C20H31N3O5. The Labute approximate surface area is 165 Å². The number of aliphatic hydroxyl groups is 1. The number of rotatable bonds is 7. The molecule has 0 radical (unpaired) electrons. The maximum absolute atomic E-state index is 12.8. The molecule has 1 aromatic rings. The molecular weight excluding hydrogens is 362 g/mol. The summed E-state index contributed by atoms with van der Waals surface area (Å²) in [5, 5.41) is 13.4. The molecule has 28 heavy (non-hydrogen) atoms. The number of nitrogens with zero attached hydrogens (tertiary/aromatic N) is 1. The van der Waals surface area contributed by atoms with E-state index in [1.807, 2.05) is 0 Å². The van der Waals surface area contributed by atoms with Crippen molar-refractivity contribution in [1.82, 2.24) is 10.2 Å². The van der Waals surface area contributed by atoms with E-state index in [0.717, 1.165) is 39.0 Å². The fraction of sp³-hybridized carbons (Fsp3) is 0.650. The Morgan fingerprint density at radius 3 is 3.00 bits per heavy atom. The van der Waals surface area contributed by atoms with Crippen LogP contribution in [0.1, 0.15) is 29.6 Å². The number of nitrogens with one attached hydrogen (secondary N) is 1. The summed E-state index contributed by atoms with van der Waals surface area (Å²) < 4.78 is 16.4. The van der Waals surface area contributed by atoms with Gasteiger partial charge < -0.3 is 35.3 Å². The lowest BCUT2D eigenvalue weighted by atomic mass is 9.93. The van der Waals surface area contributed by atoms with Crippen molar-refractivity contribution in [3.05, 3.63) is 17.7 Å². The maximum Gasteiger partial charge on any atom is 0.255 e. The van der Waals surface area contributed by atoms with Gasteiger partial charge in [-0.2, -0.15) is 0 Å². The Morgan fingerprint density at radius 2 is 2.21 bits per heavy atom. The van der Waals surface area contributed by atoms with Crippen LogP contribution in [0.15, 0.2) is 12.1 Å². The summed E-state index contributed by atoms with van der Waals surface area (Å²) in [5.41, 5.74) is 6.76. The van der Waals surface area contributed by atoms with Crippen molar-refractivity contribution in [1.29, 1.82) is 0 Å². The van der Waals surface area contributed by atoms with Crippen LogP contribution in [0.4, 0.5) is 5.69 Å². The summed E-state index contributed by atoms with van der Waals surface area (Å²) in [5.74, 6) is 0.716. The number of fused-ring (bicyclic) bond motifs is 1. The lowest BCUT2D eigenvalue weighted by molar-refractivity contribution is 0.0192. The van der Waals surface area contributed by atoms with E-state index >= 15 is 0 Å². The number of ether oxygens (including phenoxy) is 3. The van der Waals surface area contributed by atoms with Gasteiger partial charge in [-0.25, -0.2) is 0 Å². The van der Waals surface area contributed by atoms with Gasteiger partial charge in [0.1, 0.15) is 0 Å². The molecule has 0 unspecified atom stereocenters. The van der Waals surface area contributed by atoms with Crippen molar-refractivity contribution >= 4 is 11.6 Å². The lowest BCUT2D eigenvalue weighted by Crippen LogP contribution is -2.48. The molecule has 8 nitrogen and oxygen atoms in total. The largest absolute Gasteiger partial charge is 0.489 e. The molecule has 4 N–H and O–H groups in total. The second-order valence-electron chi connectivity index (χ2n) is 7.42. The van der Waals surface area contributed by atoms with Gasteiger partial charge in [-0.3, -0.25) is 4.79 Å². The third kappa shape index (κ3) is 5.27. The van der Waals surface area contributed by atoms with Crippen LogP contribution in [0, 0.1) is 5.92 Å². The normalized spacial score (nSPS) is 22.5. The van der Waals surface area contributed by atoms with Crippen LogP contribution in [0.2, 0.25) is 0 Å². The third-order valence-electron chi connectivity index (χ3n) is 5.27. The molecule has 3 rings (SSSR count). The quantitative estimate of drug-likeness (QED) is 0.466. The number of methoxy groups -OCH3 is 1. The fourth-order valence-corrected chi connectivity index (χ4v) is 3.70. The number of nitrogens with two attached hydrogens (primary N) is 1. The van der Waals surface area contributed by atoms with Crippen molar-refractivity contribution in [2.75, 3.05) is 58.8 Å². The zero-order valence-electron chi connectivity index (χ0n) is 16.5. The number of nitrogen functional groups attached to an aromatic ring is 1. The Hall–Kier alpha value is -2.03. The predicted molar refractivity (Wildman–Crippen MR) is 106 cm³/mol. The first-order chi connectivity index (χ1) is 13.6. The number of hydrogen-bond donors (Lipinski definition) is 3. The number of carbonyl (C=O) groups is 1. The van der Waals surface area contributed by atoms with E-state index in [0.29, 0.717) is 49.1 Å². The highest BCUT2D eigenvalue weighted by atomic mass is 16.5. The molecule has 156 valence electrons. The van der Waals surface area contributed by atoms with Gasteiger partial charge in [-0.1, -0.05) is 0 Å². The number of amides is 1. The Morgan fingerprint density at radius 1 is 1.39 bits per heavy atom. The molecule has 0 spiro atoms. The van der Waals surface area contributed by atoms with E-state index < -0.39 is 6.10 Å². The zero-order valence-corrected chi connectivity index (χ0v) is 16.5. The first-order valence-electron chi connectivity index (χ1n) is 9.95. The molecule has 2 atom stereocenters. The highest BCUT2D eigenvalue weighted by molar-refractivity contribution is 5.98. The lowest BCUT2D eigenvalue weighted by Gasteiger charge is -2.36. The monoisotopic (exact) mass is 393 g/mol. The van der Waals surface area contributed by atoms with Gasteiger partial charge in [0.25, 0.3) is 5.91 Å². The van der Waals surface area contributed by atoms with Crippen molar-refractivity contribution in [2.24, 2.45) is 5.92 Å².